The van der Waals surface area contributed by atoms with Gasteiger partial charge in [-0.1, -0.05) is 13.3 Å². The molecule has 1 aromatic rings. The van der Waals surface area contributed by atoms with Crippen LogP contribution in [0.25, 0.3) is 0 Å². The van der Waals surface area contributed by atoms with Crippen LogP contribution in [0, 0.1) is 11.3 Å². The molecule has 2 aliphatic carbocycles. The SMILES string of the molecule is CCCCn1c(O)c(C(=N)N)c(=O)n(C2CCC(CN3C(=O)NC(=O)C34CC(O)C4)CC2)c1=O. The molecule has 1 aromatic heterocycles. The number of hydrogen-bond donors (Lipinski definition) is 5. The molecule has 12 heteroatoms. The molecule has 4 rings (SSSR count). The van der Waals surface area contributed by atoms with Crippen molar-refractivity contribution in [1.29, 1.82) is 5.41 Å². The zero-order chi connectivity index (χ0) is 24.8. The van der Waals surface area contributed by atoms with Gasteiger partial charge in [0.05, 0.1) is 6.10 Å². The number of nitrogen functional groups attached to an aromatic ring is 1. The van der Waals surface area contributed by atoms with E-state index >= 15 is 0 Å². The largest absolute Gasteiger partial charge is 0.494 e. The fourth-order valence-electron chi connectivity index (χ4n) is 5.56. The summed E-state index contributed by atoms with van der Waals surface area (Å²) in [6.45, 7) is 2.51. The lowest BCUT2D eigenvalue weighted by Gasteiger charge is -2.46. The summed E-state index contributed by atoms with van der Waals surface area (Å²) < 4.78 is 2.22. The highest BCUT2D eigenvalue weighted by molar-refractivity contribution is 6.07. The van der Waals surface area contributed by atoms with Gasteiger partial charge in [0.1, 0.15) is 16.9 Å². The van der Waals surface area contributed by atoms with Gasteiger partial charge in [0.25, 0.3) is 11.5 Å². The molecule has 0 unspecified atom stereocenters. The highest BCUT2D eigenvalue weighted by Crippen LogP contribution is 2.43. The number of carbonyl (C=O) groups excluding carboxylic acids is 2. The van der Waals surface area contributed by atoms with E-state index in [1.54, 1.807) is 0 Å². The number of aliphatic hydroxyl groups excluding tert-OH is 1. The molecule has 0 radical (unpaired) electrons. The Hall–Kier alpha value is -3.15. The molecule has 0 atom stereocenters. The molecule has 3 amide bonds. The predicted molar refractivity (Wildman–Crippen MR) is 122 cm³/mol. The van der Waals surface area contributed by atoms with Crippen molar-refractivity contribution >= 4 is 17.8 Å². The molecule has 0 aromatic carbocycles. The first-order chi connectivity index (χ1) is 16.1. The van der Waals surface area contributed by atoms with Crippen molar-refractivity contribution in [3.63, 3.8) is 0 Å². The lowest BCUT2D eigenvalue weighted by molar-refractivity contribution is -0.138. The third-order valence-electron chi connectivity index (χ3n) is 7.53. The average molecular weight is 477 g/mol. The van der Waals surface area contributed by atoms with E-state index in [2.05, 4.69) is 5.32 Å². The second-order valence-corrected chi connectivity index (χ2v) is 9.71. The van der Waals surface area contributed by atoms with Gasteiger partial charge < -0.3 is 20.8 Å². The van der Waals surface area contributed by atoms with Crippen molar-refractivity contribution in [3.8, 4) is 5.88 Å². The molecule has 3 fully saturated rings. The molecule has 1 saturated heterocycles. The van der Waals surface area contributed by atoms with Gasteiger partial charge >= 0.3 is 11.7 Å². The molecule has 6 N–H and O–H groups in total. The van der Waals surface area contributed by atoms with Gasteiger partial charge in [0.15, 0.2) is 0 Å². The summed E-state index contributed by atoms with van der Waals surface area (Å²) in [7, 11) is 0. The molecule has 1 spiro atoms. The number of aromatic nitrogens is 2. The third kappa shape index (κ3) is 3.79. The van der Waals surface area contributed by atoms with E-state index in [0.717, 1.165) is 15.6 Å². The number of nitrogens with two attached hydrogens (primary N) is 1. The summed E-state index contributed by atoms with van der Waals surface area (Å²) in [6, 6.07) is -0.866. The number of hydrogen-bond acceptors (Lipinski definition) is 7. The number of amidine groups is 1. The summed E-state index contributed by atoms with van der Waals surface area (Å²) >= 11 is 0. The first-order valence-corrected chi connectivity index (χ1v) is 11.8. The molecule has 186 valence electrons. The lowest BCUT2D eigenvalue weighted by atomic mass is 9.72. The number of unbranched alkanes of at least 4 members (excludes halogenated alkanes) is 1. The van der Waals surface area contributed by atoms with Crippen LogP contribution in [0.2, 0.25) is 0 Å². The van der Waals surface area contributed by atoms with E-state index in [1.165, 1.54) is 4.90 Å². The first kappa shape index (κ1) is 24.0. The second-order valence-electron chi connectivity index (χ2n) is 9.71. The van der Waals surface area contributed by atoms with Crippen molar-refractivity contribution in [2.24, 2.45) is 11.7 Å². The van der Waals surface area contributed by atoms with Gasteiger partial charge in [-0.2, -0.15) is 0 Å². The van der Waals surface area contributed by atoms with Crippen LogP contribution in [0.5, 0.6) is 5.88 Å². The summed E-state index contributed by atoms with van der Waals surface area (Å²) in [5, 5.41) is 30.3. The van der Waals surface area contributed by atoms with Crippen LogP contribution >= 0.6 is 0 Å². The highest BCUT2D eigenvalue weighted by Gasteiger charge is 2.60. The number of aliphatic hydroxyl groups is 1. The molecule has 3 aliphatic rings. The van der Waals surface area contributed by atoms with Crippen molar-refractivity contribution in [2.75, 3.05) is 6.54 Å². The van der Waals surface area contributed by atoms with Gasteiger partial charge in [-0.3, -0.25) is 29.4 Å². The molecule has 34 heavy (non-hydrogen) atoms. The Balaban J connectivity index is 1.53. The number of nitrogens with zero attached hydrogens (tertiary/aromatic N) is 3. The van der Waals surface area contributed by atoms with Crippen LogP contribution < -0.4 is 22.3 Å². The number of carbonyl (C=O) groups is 2. The van der Waals surface area contributed by atoms with Crippen LogP contribution in [0.1, 0.15) is 69.9 Å². The average Bonchev–Trinajstić information content (AvgIpc) is 2.99. The molecule has 12 nitrogen and oxygen atoms in total. The predicted octanol–water partition coefficient (Wildman–Crippen LogP) is -0.0236. The number of rotatable bonds is 7. The third-order valence-corrected chi connectivity index (χ3v) is 7.53. The van der Waals surface area contributed by atoms with Crippen LogP contribution in [0.3, 0.4) is 0 Å². The topological polar surface area (TPSA) is 184 Å². The minimum absolute atomic E-state index is 0.0740. The quantitative estimate of drug-likeness (QED) is 0.208. The zero-order valence-corrected chi connectivity index (χ0v) is 19.2. The maximum atomic E-state index is 13.1. The maximum absolute atomic E-state index is 13.1. The van der Waals surface area contributed by atoms with E-state index in [9.17, 15) is 29.4 Å². The van der Waals surface area contributed by atoms with Crippen LogP contribution in [0.4, 0.5) is 4.79 Å². The minimum Gasteiger partial charge on any atom is -0.494 e. The number of imide groups is 1. The van der Waals surface area contributed by atoms with E-state index in [-0.39, 0.29) is 36.8 Å². The fourth-order valence-corrected chi connectivity index (χ4v) is 5.56. The Bertz CT molecular complexity index is 1130. The van der Waals surface area contributed by atoms with E-state index in [1.807, 2.05) is 6.92 Å². The van der Waals surface area contributed by atoms with Crippen LogP contribution in [-0.4, -0.2) is 60.2 Å². The summed E-state index contributed by atoms with van der Waals surface area (Å²) in [5.41, 5.74) is 2.85. The smallest absolute Gasteiger partial charge is 0.334 e. The van der Waals surface area contributed by atoms with Gasteiger partial charge in [-0.25, -0.2) is 9.59 Å². The normalized spacial score (nSPS) is 28.8. The minimum atomic E-state index is -0.968. The van der Waals surface area contributed by atoms with Gasteiger partial charge in [-0.05, 0) is 38.0 Å². The Morgan fingerprint density at radius 3 is 2.38 bits per heavy atom. The van der Waals surface area contributed by atoms with Gasteiger partial charge in [0, 0.05) is 32.0 Å². The monoisotopic (exact) mass is 476 g/mol. The maximum Gasteiger partial charge on any atom is 0.334 e. The van der Waals surface area contributed by atoms with Crippen molar-refractivity contribution in [2.45, 2.75) is 82.5 Å². The Labute approximate surface area is 195 Å². The number of amides is 3. The highest BCUT2D eigenvalue weighted by atomic mass is 16.3. The molecule has 2 saturated carbocycles. The van der Waals surface area contributed by atoms with Crippen molar-refractivity contribution in [1.82, 2.24) is 19.4 Å². The lowest BCUT2D eigenvalue weighted by Crippen LogP contribution is -2.61. The molecular weight excluding hydrogens is 444 g/mol. The number of aromatic hydroxyl groups is 1. The Morgan fingerprint density at radius 1 is 1.18 bits per heavy atom. The number of nitrogens with one attached hydrogen (secondary N) is 2. The van der Waals surface area contributed by atoms with E-state index in [0.29, 0.717) is 38.6 Å². The second kappa shape index (κ2) is 8.90. The molecule has 0 bridgehead atoms. The van der Waals surface area contributed by atoms with E-state index < -0.39 is 46.7 Å². The molecular formula is C22H32N6O6. The number of urea groups is 1. The van der Waals surface area contributed by atoms with Crippen molar-refractivity contribution < 1.29 is 19.8 Å². The van der Waals surface area contributed by atoms with Gasteiger partial charge in [-0.15, -0.1) is 0 Å². The Kier molecular flexibility index (Phi) is 6.28. The van der Waals surface area contributed by atoms with Crippen molar-refractivity contribution in [3.05, 3.63) is 26.4 Å². The Morgan fingerprint density at radius 2 is 1.82 bits per heavy atom. The fraction of sp³-hybridized carbons (Fsp3) is 0.682. The molecule has 2 heterocycles. The standard InChI is InChI=1S/C22H32N6O6/c1-2-3-8-26-17(30)15(16(23)24)18(31)28(21(26)34)13-6-4-12(5-7-13)11-27-20(33)25-19(32)22(27)9-14(29)10-22/h12-14,29-30H,2-11H2,1H3,(H3,23,24)(H,25,32,33). The summed E-state index contributed by atoms with van der Waals surface area (Å²) in [4.78, 5) is 52.4. The summed E-state index contributed by atoms with van der Waals surface area (Å²) in [6.07, 6.45) is 3.49. The van der Waals surface area contributed by atoms with Crippen LogP contribution in [-0.2, 0) is 11.3 Å². The zero-order valence-electron chi connectivity index (χ0n) is 19.2. The first-order valence-electron chi connectivity index (χ1n) is 11.8. The molecule has 1 aliphatic heterocycles. The summed E-state index contributed by atoms with van der Waals surface area (Å²) in [5.74, 6) is -1.45. The van der Waals surface area contributed by atoms with Crippen LogP contribution in [0.15, 0.2) is 9.59 Å². The van der Waals surface area contributed by atoms with Gasteiger partial charge in [0.2, 0.25) is 5.88 Å². The van der Waals surface area contributed by atoms with E-state index in [4.69, 9.17) is 11.1 Å².